The molecule has 1 N–H and O–H groups in total. The molecule has 1 saturated heterocycles. The van der Waals surface area contributed by atoms with Crippen molar-refractivity contribution >= 4 is 11.6 Å². The van der Waals surface area contributed by atoms with Gasteiger partial charge in [-0.2, -0.15) is 0 Å². The standard InChI is InChI=1S/C16H24ClFN2/c1-2-7-19-11-13-5-8-20(9-6-13)12-14-3-4-16(18)15(17)10-14/h3-4,10,13,19H,2,5-9,11-12H2,1H3. The van der Waals surface area contributed by atoms with Gasteiger partial charge in [-0.15, -0.1) is 0 Å². The van der Waals surface area contributed by atoms with E-state index in [1.165, 1.54) is 25.3 Å². The van der Waals surface area contributed by atoms with Gasteiger partial charge < -0.3 is 5.32 Å². The van der Waals surface area contributed by atoms with E-state index in [-0.39, 0.29) is 10.8 Å². The molecular weight excluding hydrogens is 275 g/mol. The van der Waals surface area contributed by atoms with Crippen molar-refractivity contribution in [3.63, 3.8) is 0 Å². The van der Waals surface area contributed by atoms with Crippen LogP contribution >= 0.6 is 11.6 Å². The van der Waals surface area contributed by atoms with Gasteiger partial charge in [0.2, 0.25) is 0 Å². The lowest BCUT2D eigenvalue weighted by Crippen LogP contribution is -2.37. The van der Waals surface area contributed by atoms with Gasteiger partial charge in [0.25, 0.3) is 0 Å². The second-order valence-electron chi connectivity index (χ2n) is 5.67. The van der Waals surface area contributed by atoms with E-state index < -0.39 is 0 Å². The molecule has 2 rings (SSSR count). The van der Waals surface area contributed by atoms with Crippen LogP contribution in [0.1, 0.15) is 31.7 Å². The second kappa shape index (κ2) is 7.96. The minimum atomic E-state index is -0.337. The maximum absolute atomic E-state index is 13.1. The number of nitrogens with one attached hydrogen (secondary N) is 1. The molecule has 0 aliphatic carbocycles. The summed E-state index contributed by atoms with van der Waals surface area (Å²) in [5, 5.41) is 3.73. The summed E-state index contributed by atoms with van der Waals surface area (Å²) in [5.41, 5.74) is 1.10. The number of likely N-dealkylation sites (tertiary alicyclic amines) is 1. The third-order valence-electron chi connectivity index (χ3n) is 3.96. The quantitative estimate of drug-likeness (QED) is 0.806. The van der Waals surface area contributed by atoms with Gasteiger partial charge in [-0.05, 0) is 69.1 Å². The Labute approximate surface area is 126 Å². The van der Waals surface area contributed by atoms with Crippen molar-refractivity contribution in [1.29, 1.82) is 0 Å². The van der Waals surface area contributed by atoms with Crippen LogP contribution in [-0.4, -0.2) is 31.1 Å². The van der Waals surface area contributed by atoms with Crippen LogP contribution < -0.4 is 5.32 Å². The molecule has 0 atom stereocenters. The lowest BCUT2D eigenvalue weighted by atomic mass is 9.96. The summed E-state index contributed by atoms with van der Waals surface area (Å²) >= 11 is 5.82. The van der Waals surface area contributed by atoms with Crippen LogP contribution in [0.25, 0.3) is 0 Å². The van der Waals surface area contributed by atoms with Crippen LogP contribution in [0.5, 0.6) is 0 Å². The van der Waals surface area contributed by atoms with Crippen LogP contribution in [0.3, 0.4) is 0 Å². The monoisotopic (exact) mass is 298 g/mol. The zero-order valence-corrected chi connectivity index (χ0v) is 12.9. The molecule has 0 amide bonds. The average molecular weight is 299 g/mol. The van der Waals surface area contributed by atoms with Crippen LogP contribution in [0.2, 0.25) is 5.02 Å². The molecule has 1 aliphatic heterocycles. The molecule has 2 nitrogen and oxygen atoms in total. The van der Waals surface area contributed by atoms with Crippen molar-refractivity contribution in [3.05, 3.63) is 34.6 Å². The second-order valence-corrected chi connectivity index (χ2v) is 6.08. The molecular formula is C16H24ClFN2. The molecule has 0 bridgehead atoms. The Morgan fingerprint density at radius 1 is 1.35 bits per heavy atom. The summed E-state index contributed by atoms with van der Waals surface area (Å²) in [7, 11) is 0. The third-order valence-corrected chi connectivity index (χ3v) is 4.25. The van der Waals surface area contributed by atoms with Crippen molar-refractivity contribution in [2.24, 2.45) is 5.92 Å². The summed E-state index contributed by atoms with van der Waals surface area (Å²) < 4.78 is 13.1. The average Bonchev–Trinajstić information content (AvgIpc) is 2.45. The number of hydrogen-bond donors (Lipinski definition) is 1. The smallest absolute Gasteiger partial charge is 0.141 e. The van der Waals surface area contributed by atoms with Crippen LogP contribution in [0.15, 0.2) is 18.2 Å². The molecule has 0 aromatic heterocycles. The molecule has 20 heavy (non-hydrogen) atoms. The fraction of sp³-hybridized carbons (Fsp3) is 0.625. The van der Waals surface area contributed by atoms with Crippen molar-refractivity contribution < 1.29 is 4.39 Å². The van der Waals surface area contributed by atoms with Gasteiger partial charge in [0.1, 0.15) is 5.82 Å². The predicted octanol–water partition coefficient (Wildman–Crippen LogP) is 3.69. The van der Waals surface area contributed by atoms with E-state index in [2.05, 4.69) is 17.1 Å². The van der Waals surface area contributed by atoms with Gasteiger partial charge in [-0.25, -0.2) is 4.39 Å². The molecule has 1 aromatic carbocycles. The van der Waals surface area contributed by atoms with Crippen LogP contribution in [0, 0.1) is 11.7 Å². The fourth-order valence-electron chi connectivity index (χ4n) is 2.73. The highest BCUT2D eigenvalue weighted by atomic mass is 35.5. The molecule has 0 spiro atoms. The molecule has 1 aromatic rings. The van der Waals surface area contributed by atoms with Crippen molar-refractivity contribution in [3.8, 4) is 0 Å². The molecule has 1 aliphatic rings. The van der Waals surface area contributed by atoms with Crippen LogP contribution in [-0.2, 0) is 6.54 Å². The highest BCUT2D eigenvalue weighted by molar-refractivity contribution is 6.30. The van der Waals surface area contributed by atoms with Crippen LogP contribution in [0.4, 0.5) is 4.39 Å². The van der Waals surface area contributed by atoms with E-state index >= 15 is 0 Å². The first-order chi connectivity index (χ1) is 9.69. The van der Waals surface area contributed by atoms with Gasteiger partial charge in [0.05, 0.1) is 5.02 Å². The summed E-state index contributed by atoms with van der Waals surface area (Å²) in [5.74, 6) is 0.464. The zero-order valence-electron chi connectivity index (χ0n) is 12.2. The lowest BCUT2D eigenvalue weighted by Gasteiger charge is -2.32. The number of benzene rings is 1. The van der Waals surface area contributed by atoms with E-state index in [9.17, 15) is 4.39 Å². The van der Waals surface area contributed by atoms with Gasteiger partial charge in [0.15, 0.2) is 0 Å². The largest absolute Gasteiger partial charge is 0.316 e. The first kappa shape index (κ1) is 15.7. The van der Waals surface area contributed by atoms with E-state index in [0.717, 1.165) is 44.2 Å². The number of hydrogen-bond acceptors (Lipinski definition) is 2. The fourth-order valence-corrected chi connectivity index (χ4v) is 2.93. The SMILES string of the molecule is CCCNCC1CCN(Cc2ccc(F)c(Cl)c2)CC1. The molecule has 0 saturated carbocycles. The Kier molecular flexibility index (Phi) is 6.27. The summed E-state index contributed by atoms with van der Waals surface area (Å²) in [4.78, 5) is 2.43. The summed E-state index contributed by atoms with van der Waals surface area (Å²) in [6, 6.07) is 5.03. The maximum Gasteiger partial charge on any atom is 0.141 e. The number of piperidine rings is 1. The Balaban J connectivity index is 1.75. The molecule has 1 heterocycles. The maximum atomic E-state index is 13.1. The van der Waals surface area contributed by atoms with Crippen molar-refractivity contribution in [2.75, 3.05) is 26.2 Å². The molecule has 0 unspecified atom stereocenters. The van der Waals surface area contributed by atoms with Gasteiger partial charge in [-0.3, -0.25) is 4.90 Å². The topological polar surface area (TPSA) is 15.3 Å². The Morgan fingerprint density at radius 3 is 2.75 bits per heavy atom. The normalized spacial score (nSPS) is 17.6. The van der Waals surface area contributed by atoms with E-state index in [1.807, 2.05) is 6.07 Å². The Hall–Kier alpha value is -0.640. The molecule has 0 radical (unpaired) electrons. The zero-order chi connectivity index (χ0) is 14.4. The highest BCUT2D eigenvalue weighted by Gasteiger charge is 2.19. The van der Waals surface area contributed by atoms with Crippen molar-refractivity contribution in [2.45, 2.75) is 32.7 Å². The minimum absolute atomic E-state index is 0.223. The lowest BCUT2D eigenvalue weighted by molar-refractivity contribution is 0.175. The molecule has 1 fully saturated rings. The van der Waals surface area contributed by atoms with E-state index in [1.54, 1.807) is 6.07 Å². The number of halogens is 2. The van der Waals surface area contributed by atoms with E-state index in [4.69, 9.17) is 11.6 Å². The van der Waals surface area contributed by atoms with Gasteiger partial charge in [-0.1, -0.05) is 24.6 Å². The highest BCUT2D eigenvalue weighted by Crippen LogP contribution is 2.21. The Bertz CT molecular complexity index is 417. The molecule has 112 valence electrons. The number of nitrogens with zero attached hydrogens (tertiary/aromatic N) is 1. The third kappa shape index (κ3) is 4.72. The van der Waals surface area contributed by atoms with Gasteiger partial charge in [0, 0.05) is 6.54 Å². The molecule has 4 heteroatoms. The first-order valence-electron chi connectivity index (χ1n) is 7.56. The van der Waals surface area contributed by atoms with Crippen molar-refractivity contribution in [1.82, 2.24) is 10.2 Å². The summed E-state index contributed by atoms with van der Waals surface area (Å²) in [6.07, 6.45) is 3.68. The minimum Gasteiger partial charge on any atom is -0.316 e. The summed E-state index contributed by atoms with van der Waals surface area (Å²) in [6.45, 7) is 7.57. The van der Waals surface area contributed by atoms with E-state index in [0.29, 0.717) is 0 Å². The van der Waals surface area contributed by atoms with Gasteiger partial charge >= 0.3 is 0 Å². The predicted molar refractivity (Wildman–Crippen MR) is 82.6 cm³/mol. The first-order valence-corrected chi connectivity index (χ1v) is 7.94. The Morgan fingerprint density at radius 2 is 2.10 bits per heavy atom. The number of rotatable bonds is 6.